The van der Waals surface area contributed by atoms with Gasteiger partial charge in [0, 0.05) is 0 Å². The van der Waals surface area contributed by atoms with E-state index in [4.69, 9.17) is 23.2 Å². The molecule has 96 valence electrons. The molecule has 1 aliphatic heterocycles. The first kappa shape index (κ1) is 14.5. The van der Waals surface area contributed by atoms with Crippen molar-refractivity contribution in [2.45, 2.75) is 32.7 Å². The van der Waals surface area contributed by atoms with E-state index in [0.717, 1.165) is 25.9 Å². The van der Waals surface area contributed by atoms with E-state index in [2.05, 4.69) is 10.4 Å². The molecule has 0 atom stereocenters. The minimum atomic E-state index is -0.295. The second-order valence-electron chi connectivity index (χ2n) is 3.54. The Morgan fingerprint density at radius 1 is 1.35 bits per heavy atom. The maximum atomic E-state index is 11.8. The first-order chi connectivity index (χ1) is 8.20. The summed E-state index contributed by atoms with van der Waals surface area (Å²) in [6.45, 7) is 5.80. The van der Waals surface area contributed by atoms with Gasteiger partial charge in [0.05, 0.1) is 17.3 Å². The van der Waals surface area contributed by atoms with Crippen LogP contribution in [0.15, 0.2) is 11.0 Å². The molecule has 0 unspecified atom stereocenters. The van der Waals surface area contributed by atoms with E-state index in [1.807, 2.05) is 13.8 Å². The lowest BCUT2D eigenvalue weighted by Crippen LogP contribution is -2.35. The highest BCUT2D eigenvalue weighted by molar-refractivity contribution is 6.41. The topological polar surface area (TPSA) is 46.9 Å². The highest BCUT2D eigenvalue weighted by Crippen LogP contribution is 2.19. The number of hydrogen-bond donors (Lipinski definition) is 1. The highest BCUT2D eigenvalue weighted by atomic mass is 35.5. The van der Waals surface area contributed by atoms with Crippen LogP contribution in [-0.2, 0) is 0 Å². The van der Waals surface area contributed by atoms with Gasteiger partial charge in [0.15, 0.2) is 0 Å². The van der Waals surface area contributed by atoms with Gasteiger partial charge in [-0.15, -0.1) is 0 Å². The molecule has 0 spiro atoms. The fourth-order valence-electron chi connectivity index (χ4n) is 1.74. The minimum absolute atomic E-state index is 0.0604. The van der Waals surface area contributed by atoms with Crippen molar-refractivity contribution in [3.8, 4) is 0 Å². The third-order valence-corrected chi connectivity index (χ3v) is 3.30. The molecule has 0 aromatic carbocycles. The van der Waals surface area contributed by atoms with Crippen LogP contribution in [0.25, 0.3) is 0 Å². The van der Waals surface area contributed by atoms with E-state index in [1.165, 1.54) is 10.9 Å². The Balaban J connectivity index is 0.000000686. The van der Waals surface area contributed by atoms with E-state index in [0.29, 0.717) is 0 Å². The zero-order valence-corrected chi connectivity index (χ0v) is 11.6. The van der Waals surface area contributed by atoms with Crippen molar-refractivity contribution in [1.29, 1.82) is 0 Å². The summed E-state index contributed by atoms with van der Waals surface area (Å²) in [5, 5.41) is 7.53. The number of halogens is 2. The van der Waals surface area contributed by atoms with Gasteiger partial charge in [-0.2, -0.15) is 5.10 Å². The summed E-state index contributed by atoms with van der Waals surface area (Å²) in [7, 11) is 0. The Morgan fingerprint density at radius 3 is 2.53 bits per heavy atom. The van der Waals surface area contributed by atoms with Crippen LogP contribution >= 0.6 is 23.2 Å². The molecule has 4 nitrogen and oxygen atoms in total. The molecule has 17 heavy (non-hydrogen) atoms. The van der Waals surface area contributed by atoms with Gasteiger partial charge in [-0.25, -0.2) is 4.68 Å². The van der Waals surface area contributed by atoms with Crippen LogP contribution in [-0.4, -0.2) is 22.9 Å². The van der Waals surface area contributed by atoms with Gasteiger partial charge >= 0.3 is 0 Å². The second-order valence-corrected chi connectivity index (χ2v) is 4.32. The number of piperidine rings is 1. The molecule has 2 rings (SSSR count). The maximum Gasteiger partial charge on any atom is 0.287 e. The van der Waals surface area contributed by atoms with E-state index >= 15 is 0 Å². The summed E-state index contributed by atoms with van der Waals surface area (Å²) in [6, 6.07) is 0.133. The van der Waals surface area contributed by atoms with Crippen molar-refractivity contribution < 1.29 is 0 Å². The number of hydrogen-bond acceptors (Lipinski definition) is 3. The number of nitrogens with one attached hydrogen (secondary N) is 1. The third kappa shape index (κ3) is 3.44. The van der Waals surface area contributed by atoms with Crippen LogP contribution in [0, 0.1) is 0 Å². The van der Waals surface area contributed by atoms with Crippen molar-refractivity contribution in [3.63, 3.8) is 0 Å². The molecule has 0 bridgehead atoms. The van der Waals surface area contributed by atoms with Gasteiger partial charge in [-0.05, 0) is 25.9 Å². The molecule has 0 saturated carbocycles. The predicted molar refractivity (Wildman–Crippen MR) is 71.0 cm³/mol. The normalized spacial score (nSPS) is 16.2. The first-order valence-corrected chi connectivity index (χ1v) is 6.59. The largest absolute Gasteiger partial charge is 0.317 e. The van der Waals surface area contributed by atoms with Crippen molar-refractivity contribution in [2.75, 3.05) is 13.1 Å². The van der Waals surface area contributed by atoms with Crippen molar-refractivity contribution in [3.05, 3.63) is 26.6 Å². The minimum Gasteiger partial charge on any atom is -0.317 e. The van der Waals surface area contributed by atoms with E-state index in [1.54, 1.807) is 0 Å². The summed E-state index contributed by atoms with van der Waals surface area (Å²) in [4.78, 5) is 11.8. The highest BCUT2D eigenvalue weighted by Gasteiger charge is 2.18. The Hall–Kier alpha value is -0.580. The van der Waals surface area contributed by atoms with Crippen molar-refractivity contribution in [1.82, 2.24) is 15.1 Å². The van der Waals surface area contributed by atoms with Gasteiger partial charge in [0.25, 0.3) is 5.56 Å². The number of rotatable bonds is 1. The second kappa shape index (κ2) is 6.99. The summed E-state index contributed by atoms with van der Waals surface area (Å²) < 4.78 is 1.44. The zero-order valence-electron chi connectivity index (χ0n) is 10.0. The van der Waals surface area contributed by atoms with Gasteiger partial charge in [0.2, 0.25) is 0 Å². The molecular weight excluding hydrogens is 261 g/mol. The Labute approximate surface area is 111 Å². The fourth-order valence-corrected chi connectivity index (χ4v) is 2.00. The predicted octanol–water partition coefficient (Wildman–Crippen LogP) is 2.50. The van der Waals surface area contributed by atoms with E-state index in [9.17, 15) is 4.79 Å². The molecule has 1 fully saturated rings. The van der Waals surface area contributed by atoms with Gasteiger partial charge in [0.1, 0.15) is 5.02 Å². The van der Waals surface area contributed by atoms with Crippen LogP contribution < -0.4 is 10.9 Å². The van der Waals surface area contributed by atoms with Gasteiger partial charge in [-0.3, -0.25) is 4.79 Å². The molecule has 0 radical (unpaired) electrons. The number of aromatic nitrogens is 2. The molecule has 1 aromatic rings. The van der Waals surface area contributed by atoms with Crippen molar-refractivity contribution >= 4 is 23.2 Å². The van der Waals surface area contributed by atoms with Crippen LogP contribution in [0.1, 0.15) is 32.7 Å². The van der Waals surface area contributed by atoms with Crippen LogP contribution in [0.4, 0.5) is 0 Å². The lowest BCUT2D eigenvalue weighted by Gasteiger charge is -2.23. The SMILES string of the molecule is CC.O=c1c(Cl)c(Cl)cnn1C1CCNCC1. The van der Waals surface area contributed by atoms with Crippen molar-refractivity contribution in [2.24, 2.45) is 0 Å². The molecule has 6 heteroatoms. The first-order valence-electron chi connectivity index (χ1n) is 5.83. The zero-order chi connectivity index (χ0) is 12.8. The monoisotopic (exact) mass is 277 g/mol. The summed E-state index contributed by atoms with van der Waals surface area (Å²) >= 11 is 11.5. The van der Waals surface area contributed by atoms with Gasteiger partial charge in [-0.1, -0.05) is 37.0 Å². The number of nitrogens with zero attached hydrogens (tertiary/aromatic N) is 2. The Morgan fingerprint density at radius 2 is 1.94 bits per heavy atom. The molecular formula is C11H17Cl2N3O. The van der Waals surface area contributed by atoms with Crippen LogP contribution in [0.3, 0.4) is 0 Å². The summed E-state index contributed by atoms with van der Waals surface area (Å²) in [5.74, 6) is 0. The smallest absolute Gasteiger partial charge is 0.287 e. The third-order valence-electron chi connectivity index (χ3n) is 2.56. The Bertz CT molecular complexity index is 414. The molecule has 0 amide bonds. The van der Waals surface area contributed by atoms with E-state index in [-0.39, 0.29) is 21.6 Å². The average Bonchev–Trinajstić information content (AvgIpc) is 2.40. The molecule has 1 aromatic heterocycles. The molecule has 1 saturated heterocycles. The lowest BCUT2D eigenvalue weighted by molar-refractivity contribution is 0.331. The standard InChI is InChI=1S/C9H11Cl2N3O.C2H6/c10-7-5-13-14(9(15)8(7)11)6-1-3-12-4-2-6;1-2/h5-6,12H,1-4H2;1-2H3. The van der Waals surface area contributed by atoms with Crippen LogP contribution in [0.2, 0.25) is 10.0 Å². The van der Waals surface area contributed by atoms with Gasteiger partial charge < -0.3 is 5.32 Å². The fraction of sp³-hybridized carbons (Fsp3) is 0.636. The quantitative estimate of drug-likeness (QED) is 0.858. The molecule has 2 heterocycles. The summed E-state index contributed by atoms with van der Waals surface area (Å²) in [5.41, 5.74) is -0.295. The molecule has 1 aliphatic rings. The summed E-state index contributed by atoms with van der Waals surface area (Å²) in [6.07, 6.45) is 3.21. The van der Waals surface area contributed by atoms with E-state index < -0.39 is 0 Å². The van der Waals surface area contributed by atoms with Crippen LogP contribution in [0.5, 0.6) is 0 Å². The molecule has 0 aliphatic carbocycles. The lowest BCUT2D eigenvalue weighted by atomic mass is 10.1. The average molecular weight is 278 g/mol. The Kier molecular flexibility index (Phi) is 5.95. The molecule has 1 N–H and O–H groups in total. The maximum absolute atomic E-state index is 11.8.